The summed E-state index contributed by atoms with van der Waals surface area (Å²) < 4.78 is 19.0. The van der Waals surface area contributed by atoms with Crippen molar-refractivity contribution < 1.29 is 13.9 Å². The lowest BCUT2D eigenvalue weighted by molar-refractivity contribution is -0.123. The van der Waals surface area contributed by atoms with E-state index in [4.69, 9.17) is 16.3 Å². The number of hydrogen-bond acceptors (Lipinski definition) is 3. The van der Waals surface area contributed by atoms with Crippen LogP contribution in [0.5, 0.6) is 5.75 Å². The number of nitrogens with one attached hydrogen (secondary N) is 1. The molecule has 0 unspecified atom stereocenters. The Balaban J connectivity index is 1.51. The van der Waals surface area contributed by atoms with Crippen molar-refractivity contribution in [2.24, 2.45) is 5.10 Å². The van der Waals surface area contributed by atoms with Crippen LogP contribution < -0.4 is 10.2 Å². The molecule has 1 N–H and O–H groups in total. The Morgan fingerprint density at radius 1 is 1.00 bits per heavy atom. The molecule has 27 heavy (non-hydrogen) atoms. The van der Waals surface area contributed by atoms with E-state index in [1.54, 1.807) is 12.1 Å². The van der Waals surface area contributed by atoms with Gasteiger partial charge in [0.15, 0.2) is 6.61 Å². The molecule has 0 aromatic heterocycles. The van der Waals surface area contributed by atoms with Crippen molar-refractivity contribution in [2.45, 2.75) is 0 Å². The van der Waals surface area contributed by atoms with Gasteiger partial charge in [0, 0.05) is 5.56 Å². The molecule has 0 atom stereocenters. The van der Waals surface area contributed by atoms with E-state index in [0.29, 0.717) is 5.75 Å². The molecule has 0 saturated heterocycles. The lowest BCUT2D eigenvalue weighted by atomic mass is 10.1. The molecule has 0 bridgehead atoms. The summed E-state index contributed by atoms with van der Waals surface area (Å²) in [5.74, 6) is -0.424. The average molecular weight is 383 g/mol. The second-order valence-electron chi connectivity index (χ2n) is 5.61. The maximum Gasteiger partial charge on any atom is 0.277 e. The van der Waals surface area contributed by atoms with E-state index in [-0.39, 0.29) is 17.2 Å². The Morgan fingerprint density at radius 3 is 2.41 bits per heavy atom. The van der Waals surface area contributed by atoms with Gasteiger partial charge >= 0.3 is 0 Å². The van der Waals surface area contributed by atoms with E-state index in [0.717, 1.165) is 17.3 Å². The molecule has 3 aromatic carbocycles. The summed E-state index contributed by atoms with van der Waals surface area (Å²) >= 11 is 5.87. The normalized spacial score (nSPS) is 10.7. The fraction of sp³-hybridized carbons (Fsp3) is 0.0476. The highest BCUT2D eigenvalue weighted by Gasteiger charge is 2.05. The molecule has 0 aliphatic rings. The first kappa shape index (κ1) is 18.6. The molecule has 3 rings (SSSR count). The van der Waals surface area contributed by atoms with E-state index in [9.17, 15) is 9.18 Å². The molecule has 0 aliphatic heterocycles. The molecular formula is C21H16ClFN2O2. The van der Waals surface area contributed by atoms with Crippen molar-refractivity contribution in [3.8, 4) is 16.9 Å². The number of nitrogens with zero attached hydrogens (tertiary/aromatic N) is 1. The number of amides is 1. The van der Waals surface area contributed by atoms with E-state index >= 15 is 0 Å². The third kappa shape index (κ3) is 5.15. The van der Waals surface area contributed by atoms with Gasteiger partial charge in [-0.3, -0.25) is 4.79 Å². The molecule has 0 fully saturated rings. The van der Waals surface area contributed by atoms with Gasteiger partial charge in [0.05, 0.1) is 11.2 Å². The molecule has 0 radical (unpaired) electrons. The average Bonchev–Trinajstić information content (AvgIpc) is 2.70. The minimum Gasteiger partial charge on any atom is -0.484 e. The van der Waals surface area contributed by atoms with Crippen LogP contribution in [0.25, 0.3) is 11.1 Å². The van der Waals surface area contributed by atoms with Gasteiger partial charge in [-0.2, -0.15) is 5.10 Å². The molecular weight excluding hydrogens is 367 g/mol. The van der Waals surface area contributed by atoms with Crippen molar-refractivity contribution in [3.05, 3.63) is 89.2 Å². The van der Waals surface area contributed by atoms with Gasteiger partial charge in [0.1, 0.15) is 11.6 Å². The SMILES string of the molecule is O=C(COc1ccc(-c2ccccc2)cc1)N/N=C/c1c(F)cccc1Cl. The van der Waals surface area contributed by atoms with Crippen molar-refractivity contribution in [3.63, 3.8) is 0 Å². The standard InChI is InChI=1S/C21H16ClFN2O2/c22-19-7-4-8-20(23)18(19)13-24-25-21(26)14-27-17-11-9-16(10-12-17)15-5-2-1-3-6-15/h1-13H,14H2,(H,25,26)/b24-13+. The van der Waals surface area contributed by atoms with Crippen LogP contribution in [0.4, 0.5) is 4.39 Å². The van der Waals surface area contributed by atoms with Crippen LogP contribution in [0.1, 0.15) is 5.56 Å². The van der Waals surface area contributed by atoms with Gasteiger partial charge in [-0.25, -0.2) is 9.82 Å². The van der Waals surface area contributed by atoms with Crippen LogP contribution >= 0.6 is 11.6 Å². The minimum atomic E-state index is -0.518. The number of carbonyl (C=O) groups is 1. The van der Waals surface area contributed by atoms with Gasteiger partial charge < -0.3 is 4.74 Å². The number of hydrazone groups is 1. The quantitative estimate of drug-likeness (QED) is 0.497. The van der Waals surface area contributed by atoms with E-state index in [1.807, 2.05) is 42.5 Å². The Hall–Kier alpha value is -3.18. The zero-order valence-electron chi connectivity index (χ0n) is 14.2. The Labute approximate surface area is 161 Å². The van der Waals surface area contributed by atoms with Crippen LogP contribution in [0, 0.1) is 5.82 Å². The zero-order chi connectivity index (χ0) is 19.1. The summed E-state index contributed by atoms with van der Waals surface area (Å²) in [6, 6.07) is 21.6. The zero-order valence-corrected chi connectivity index (χ0v) is 15.0. The first-order chi connectivity index (χ1) is 13.1. The Bertz CT molecular complexity index is 924. The summed E-state index contributed by atoms with van der Waals surface area (Å²) in [5.41, 5.74) is 4.54. The highest BCUT2D eigenvalue weighted by molar-refractivity contribution is 6.33. The van der Waals surface area contributed by atoms with Crippen molar-refractivity contribution in [2.75, 3.05) is 6.61 Å². The Kier molecular flexibility index (Phi) is 6.18. The molecule has 6 heteroatoms. The Morgan fingerprint density at radius 2 is 1.70 bits per heavy atom. The first-order valence-corrected chi connectivity index (χ1v) is 8.55. The van der Waals surface area contributed by atoms with Crippen LogP contribution in [0.15, 0.2) is 77.9 Å². The predicted molar refractivity (Wildman–Crippen MR) is 105 cm³/mol. The number of hydrogen-bond donors (Lipinski definition) is 1. The van der Waals surface area contributed by atoms with Gasteiger partial charge in [-0.15, -0.1) is 0 Å². The van der Waals surface area contributed by atoms with E-state index < -0.39 is 11.7 Å². The summed E-state index contributed by atoms with van der Waals surface area (Å²) in [6.07, 6.45) is 1.16. The second kappa shape index (κ2) is 8.96. The number of rotatable bonds is 6. The molecule has 136 valence electrons. The van der Waals surface area contributed by atoms with Crippen molar-refractivity contribution >= 4 is 23.7 Å². The summed E-state index contributed by atoms with van der Waals surface area (Å²) in [5, 5.41) is 3.91. The van der Waals surface area contributed by atoms with Gasteiger partial charge in [-0.1, -0.05) is 60.1 Å². The molecule has 0 aliphatic carbocycles. The van der Waals surface area contributed by atoms with Crippen LogP contribution in [0.2, 0.25) is 5.02 Å². The molecule has 4 nitrogen and oxygen atoms in total. The lowest BCUT2D eigenvalue weighted by Gasteiger charge is -2.07. The number of ether oxygens (including phenoxy) is 1. The monoisotopic (exact) mass is 382 g/mol. The molecule has 0 saturated carbocycles. The topological polar surface area (TPSA) is 50.7 Å². The van der Waals surface area contributed by atoms with Crippen LogP contribution in [-0.2, 0) is 4.79 Å². The third-order valence-corrected chi connectivity index (χ3v) is 4.04. The second-order valence-corrected chi connectivity index (χ2v) is 6.01. The largest absolute Gasteiger partial charge is 0.484 e. The number of benzene rings is 3. The number of halogens is 2. The van der Waals surface area contributed by atoms with Crippen LogP contribution in [-0.4, -0.2) is 18.7 Å². The minimum absolute atomic E-state index is 0.108. The van der Waals surface area contributed by atoms with Gasteiger partial charge in [0.25, 0.3) is 5.91 Å². The summed E-state index contributed by atoms with van der Waals surface area (Å²) in [6.45, 7) is -0.215. The lowest BCUT2D eigenvalue weighted by Crippen LogP contribution is -2.24. The van der Waals surface area contributed by atoms with Gasteiger partial charge in [-0.05, 0) is 35.4 Å². The highest BCUT2D eigenvalue weighted by Crippen LogP contribution is 2.22. The predicted octanol–water partition coefficient (Wildman–Crippen LogP) is 4.68. The molecule has 3 aromatic rings. The maximum absolute atomic E-state index is 13.6. The fourth-order valence-corrected chi connectivity index (χ4v) is 2.57. The molecule has 1 amide bonds. The third-order valence-electron chi connectivity index (χ3n) is 3.71. The molecule has 0 heterocycles. The first-order valence-electron chi connectivity index (χ1n) is 8.17. The van der Waals surface area contributed by atoms with Crippen molar-refractivity contribution in [1.82, 2.24) is 5.43 Å². The van der Waals surface area contributed by atoms with E-state index in [2.05, 4.69) is 10.5 Å². The smallest absolute Gasteiger partial charge is 0.277 e. The molecule has 0 spiro atoms. The fourth-order valence-electron chi connectivity index (χ4n) is 2.36. The highest BCUT2D eigenvalue weighted by atomic mass is 35.5. The maximum atomic E-state index is 13.6. The number of carbonyl (C=O) groups excluding carboxylic acids is 1. The summed E-state index contributed by atoms with van der Waals surface area (Å²) in [4.78, 5) is 11.8. The van der Waals surface area contributed by atoms with Gasteiger partial charge in [0.2, 0.25) is 0 Å². The summed E-state index contributed by atoms with van der Waals surface area (Å²) in [7, 11) is 0. The van der Waals surface area contributed by atoms with Crippen LogP contribution in [0.3, 0.4) is 0 Å². The van der Waals surface area contributed by atoms with Crippen molar-refractivity contribution in [1.29, 1.82) is 0 Å². The van der Waals surface area contributed by atoms with E-state index in [1.165, 1.54) is 18.2 Å².